The maximum Gasteiger partial charge on any atom is 0.308 e. The fraction of sp³-hybridized carbons (Fsp3) is 0.824. The Morgan fingerprint density at radius 3 is 2.71 bits per heavy atom. The van der Waals surface area contributed by atoms with Crippen LogP contribution in [0.25, 0.3) is 0 Å². The molecule has 0 unspecified atom stereocenters. The number of carbonyl (C=O) groups excluding carboxylic acids is 1. The van der Waals surface area contributed by atoms with Crippen molar-refractivity contribution in [3.05, 3.63) is 12.2 Å². The number of fused-ring (bicyclic) bond motifs is 1. The summed E-state index contributed by atoms with van der Waals surface area (Å²) in [6.45, 7) is 4.47. The highest BCUT2D eigenvalue weighted by atomic mass is 16.6. The minimum atomic E-state index is -0.171. The number of rotatable bonds is 8. The zero-order valence-electron chi connectivity index (χ0n) is 13.3. The lowest BCUT2D eigenvalue weighted by molar-refractivity contribution is -0.146. The predicted molar refractivity (Wildman–Crippen MR) is 81.1 cm³/mol. The molecule has 0 aromatic carbocycles. The van der Waals surface area contributed by atoms with Crippen molar-refractivity contribution in [2.45, 2.75) is 83.2 Å². The van der Waals surface area contributed by atoms with Crippen LogP contribution in [-0.2, 0) is 19.0 Å². The average molecular weight is 296 g/mol. The van der Waals surface area contributed by atoms with Crippen LogP contribution in [0.1, 0.15) is 58.8 Å². The second-order valence-corrected chi connectivity index (χ2v) is 5.91. The van der Waals surface area contributed by atoms with Crippen LogP contribution in [0.4, 0.5) is 0 Å². The monoisotopic (exact) mass is 296 g/mol. The standard InChI is InChI=1S/C17H28O4/c1-3-5-6-7-8-9-13-10-15-16(20-13)11-14(21-15)12-17(18)19-4-2/h8-9,13-16H,3-7,10-12H2,1-2H3/b9-8+/t13-,14+,15-,16-/m0/s1. The minimum absolute atomic E-state index is 0.0338. The number of hydrogen-bond acceptors (Lipinski definition) is 4. The van der Waals surface area contributed by atoms with Crippen LogP contribution in [-0.4, -0.2) is 37.0 Å². The highest BCUT2D eigenvalue weighted by molar-refractivity contribution is 5.70. The normalized spacial score (nSPS) is 31.7. The van der Waals surface area contributed by atoms with Gasteiger partial charge in [-0.2, -0.15) is 0 Å². The van der Waals surface area contributed by atoms with E-state index in [2.05, 4.69) is 19.1 Å². The molecule has 120 valence electrons. The zero-order valence-corrected chi connectivity index (χ0v) is 13.3. The summed E-state index contributed by atoms with van der Waals surface area (Å²) < 4.78 is 16.9. The van der Waals surface area contributed by atoms with Crippen molar-refractivity contribution in [3.8, 4) is 0 Å². The van der Waals surface area contributed by atoms with E-state index in [4.69, 9.17) is 14.2 Å². The lowest BCUT2D eigenvalue weighted by Crippen LogP contribution is -2.18. The van der Waals surface area contributed by atoms with Crippen LogP contribution < -0.4 is 0 Å². The van der Waals surface area contributed by atoms with E-state index in [9.17, 15) is 4.79 Å². The first-order valence-electron chi connectivity index (χ1n) is 8.36. The number of allylic oxidation sites excluding steroid dienone is 1. The second-order valence-electron chi connectivity index (χ2n) is 5.91. The van der Waals surface area contributed by atoms with Crippen LogP contribution >= 0.6 is 0 Å². The Labute approximate surface area is 127 Å². The summed E-state index contributed by atoms with van der Waals surface area (Å²) in [6, 6.07) is 0. The summed E-state index contributed by atoms with van der Waals surface area (Å²) >= 11 is 0. The first kappa shape index (κ1) is 16.5. The fourth-order valence-electron chi connectivity index (χ4n) is 3.08. The van der Waals surface area contributed by atoms with Crippen LogP contribution in [0.5, 0.6) is 0 Å². The molecular formula is C17H28O4. The van der Waals surface area contributed by atoms with Crippen LogP contribution in [0.15, 0.2) is 12.2 Å². The molecule has 0 aromatic rings. The quantitative estimate of drug-likeness (QED) is 0.391. The zero-order chi connectivity index (χ0) is 15.1. The minimum Gasteiger partial charge on any atom is -0.466 e. The molecule has 0 bridgehead atoms. The van der Waals surface area contributed by atoms with E-state index in [1.165, 1.54) is 19.3 Å². The average Bonchev–Trinajstić information content (AvgIpc) is 2.96. The van der Waals surface area contributed by atoms with Crippen LogP contribution in [0, 0.1) is 0 Å². The fourth-order valence-corrected chi connectivity index (χ4v) is 3.08. The molecule has 2 fully saturated rings. The van der Waals surface area contributed by atoms with Crippen molar-refractivity contribution in [1.82, 2.24) is 0 Å². The molecule has 0 saturated carbocycles. The SMILES string of the molecule is CCCCC/C=C/[C@H]1C[C@@H]2O[C@@H](CC(=O)OCC)C[C@@H]2O1. The van der Waals surface area contributed by atoms with Gasteiger partial charge >= 0.3 is 5.97 Å². The van der Waals surface area contributed by atoms with Gasteiger partial charge in [-0.1, -0.05) is 31.9 Å². The van der Waals surface area contributed by atoms with Gasteiger partial charge in [0.25, 0.3) is 0 Å². The maximum absolute atomic E-state index is 11.5. The Bertz CT molecular complexity index is 339. The third-order valence-electron chi connectivity index (χ3n) is 4.12. The molecule has 4 atom stereocenters. The molecule has 0 amide bonds. The van der Waals surface area contributed by atoms with Gasteiger partial charge in [0.1, 0.15) is 0 Å². The Hall–Kier alpha value is -0.870. The molecule has 4 nitrogen and oxygen atoms in total. The summed E-state index contributed by atoms with van der Waals surface area (Å²) in [6.07, 6.45) is 11.9. The molecule has 2 aliphatic rings. The van der Waals surface area contributed by atoms with E-state index in [0.29, 0.717) is 13.0 Å². The van der Waals surface area contributed by atoms with Crippen molar-refractivity contribution < 1.29 is 19.0 Å². The number of carbonyl (C=O) groups is 1. The Kier molecular flexibility index (Phi) is 6.71. The molecule has 2 heterocycles. The van der Waals surface area contributed by atoms with Gasteiger partial charge in [-0.3, -0.25) is 4.79 Å². The number of ether oxygens (including phenoxy) is 3. The first-order valence-corrected chi connectivity index (χ1v) is 8.36. The van der Waals surface area contributed by atoms with Gasteiger partial charge in [0.2, 0.25) is 0 Å². The van der Waals surface area contributed by atoms with Crippen molar-refractivity contribution in [2.24, 2.45) is 0 Å². The molecule has 21 heavy (non-hydrogen) atoms. The topological polar surface area (TPSA) is 44.8 Å². The van der Waals surface area contributed by atoms with Gasteiger partial charge in [0.05, 0.1) is 37.4 Å². The third-order valence-corrected chi connectivity index (χ3v) is 4.12. The lowest BCUT2D eigenvalue weighted by atomic mass is 10.1. The van der Waals surface area contributed by atoms with Gasteiger partial charge in [-0.15, -0.1) is 0 Å². The molecule has 0 spiro atoms. The second kappa shape index (κ2) is 8.54. The molecule has 0 aromatic heterocycles. The summed E-state index contributed by atoms with van der Waals surface area (Å²) in [5.74, 6) is -0.171. The van der Waals surface area contributed by atoms with E-state index >= 15 is 0 Å². The molecule has 2 aliphatic heterocycles. The smallest absolute Gasteiger partial charge is 0.308 e. The maximum atomic E-state index is 11.5. The van der Waals surface area contributed by atoms with Gasteiger partial charge in [0, 0.05) is 12.8 Å². The molecule has 2 saturated heterocycles. The summed E-state index contributed by atoms with van der Waals surface area (Å²) in [5, 5.41) is 0. The van der Waals surface area contributed by atoms with Crippen molar-refractivity contribution in [3.63, 3.8) is 0 Å². The molecular weight excluding hydrogens is 268 g/mol. The Morgan fingerprint density at radius 2 is 2.00 bits per heavy atom. The third kappa shape index (κ3) is 5.11. The van der Waals surface area contributed by atoms with Gasteiger partial charge in [-0.25, -0.2) is 0 Å². The van der Waals surface area contributed by atoms with Gasteiger partial charge < -0.3 is 14.2 Å². The molecule has 0 radical (unpaired) electrons. The van der Waals surface area contributed by atoms with Gasteiger partial charge in [0.15, 0.2) is 0 Å². The summed E-state index contributed by atoms with van der Waals surface area (Å²) in [4.78, 5) is 11.5. The van der Waals surface area contributed by atoms with Crippen LogP contribution in [0.3, 0.4) is 0 Å². The Morgan fingerprint density at radius 1 is 1.19 bits per heavy atom. The van der Waals surface area contributed by atoms with E-state index in [-0.39, 0.29) is 30.4 Å². The van der Waals surface area contributed by atoms with E-state index in [1.807, 2.05) is 6.92 Å². The molecule has 0 aliphatic carbocycles. The number of esters is 1. The van der Waals surface area contributed by atoms with E-state index in [0.717, 1.165) is 19.3 Å². The highest BCUT2D eigenvalue weighted by Crippen LogP contribution is 2.35. The molecule has 2 rings (SSSR count). The number of unbranched alkanes of at least 4 members (excludes halogenated alkanes) is 3. The largest absolute Gasteiger partial charge is 0.466 e. The molecule has 4 heteroatoms. The summed E-state index contributed by atoms with van der Waals surface area (Å²) in [7, 11) is 0. The molecule has 0 N–H and O–H groups in total. The first-order chi connectivity index (χ1) is 10.2. The lowest BCUT2D eigenvalue weighted by Gasteiger charge is -2.12. The van der Waals surface area contributed by atoms with Crippen molar-refractivity contribution in [1.29, 1.82) is 0 Å². The van der Waals surface area contributed by atoms with Crippen molar-refractivity contribution in [2.75, 3.05) is 6.61 Å². The van der Waals surface area contributed by atoms with E-state index in [1.54, 1.807) is 0 Å². The number of hydrogen-bond donors (Lipinski definition) is 0. The van der Waals surface area contributed by atoms with Gasteiger partial charge in [-0.05, 0) is 19.8 Å². The van der Waals surface area contributed by atoms with E-state index < -0.39 is 0 Å². The predicted octanol–water partition coefficient (Wildman–Crippen LogP) is 3.39. The Balaban J connectivity index is 1.66. The van der Waals surface area contributed by atoms with Crippen molar-refractivity contribution >= 4 is 5.97 Å². The summed E-state index contributed by atoms with van der Waals surface area (Å²) in [5.41, 5.74) is 0. The van der Waals surface area contributed by atoms with Crippen LogP contribution in [0.2, 0.25) is 0 Å². The highest BCUT2D eigenvalue weighted by Gasteiger charge is 2.43.